The normalized spacial score (nSPS) is 11.0. The molecule has 0 aliphatic carbocycles. The molecule has 0 fully saturated rings. The summed E-state index contributed by atoms with van der Waals surface area (Å²) >= 11 is 5.55. The molecule has 0 spiro atoms. The van der Waals surface area contributed by atoms with Crippen LogP contribution in [-0.4, -0.2) is 0 Å². The van der Waals surface area contributed by atoms with Gasteiger partial charge in [-0.3, -0.25) is 0 Å². The number of rotatable bonds is 3. The van der Waals surface area contributed by atoms with Crippen LogP contribution < -0.4 is 0 Å². The van der Waals surface area contributed by atoms with Crippen LogP contribution in [0.2, 0.25) is 5.02 Å². The van der Waals surface area contributed by atoms with Gasteiger partial charge in [0.15, 0.2) is 0 Å². The van der Waals surface area contributed by atoms with Crippen LogP contribution in [-0.2, 0) is 6.42 Å². The lowest BCUT2D eigenvalue weighted by Crippen LogP contribution is -1.85. The van der Waals surface area contributed by atoms with Gasteiger partial charge in [0.25, 0.3) is 0 Å². The molecular weight excluding hydrogens is 187 g/mol. The topological polar surface area (TPSA) is 0 Å². The first-order valence-corrected chi connectivity index (χ1v) is 4.67. The Morgan fingerprint density at radius 3 is 2.85 bits per heavy atom. The summed E-state index contributed by atoms with van der Waals surface area (Å²) in [6.45, 7) is 1.97. The molecule has 1 aromatic rings. The standard InChI is InChI=1S/C11H12ClF/c1-2-3-4-5-9-6-7-10(12)11(13)8-9/h2-3,6-8H,4-5H2,1H3/b3-2+. The van der Waals surface area contributed by atoms with Crippen molar-refractivity contribution in [3.05, 3.63) is 46.8 Å². The zero-order valence-corrected chi connectivity index (χ0v) is 8.31. The Kier molecular flexibility index (Phi) is 3.97. The first-order valence-electron chi connectivity index (χ1n) is 4.29. The highest BCUT2D eigenvalue weighted by molar-refractivity contribution is 6.30. The van der Waals surface area contributed by atoms with Gasteiger partial charge in [-0.15, -0.1) is 0 Å². The molecule has 13 heavy (non-hydrogen) atoms. The Bertz CT molecular complexity index is 305. The van der Waals surface area contributed by atoms with Crippen LogP contribution in [0, 0.1) is 5.82 Å². The molecule has 0 saturated carbocycles. The van der Waals surface area contributed by atoms with Gasteiger partial charge in [0.1, 0.15) is 5.82 Å². The Morgan fingerprint density at radius 2 is 2.23 bits per heavy atom. The van der Waals surface area contributed by atoms with Gasteiger partial charge in [0.2, 0.25) is 0 Å². The van der Waals surface area contributed by atoms with E-state index >= 15 is 0 Å². The van der Waals surface area contributed by atoms with Crippen molar-refractivity contribution in [1.82, 2.24) is 0 Å². The van der Waals surface area contributed by atoms with Gasteiger partial charge in [-0.1, -0.05) is 29.8 Å². The second-order valence-electron chi connectivity index (χ2n) is 2.86. The molecule has 70 valence electrons. The summed E-state index contributed by atoms with van der Waals surface area (Å²) in [7, 11) is 0. The monoisotopic (exact) mass is 198 g/mol. The van der Waals surface area contributed by atoms with E-state index in [2.05, 4.69) is 6.08 Å². The minimum atomic E-state index is -0.334. The summed E-state index contributed by atoms with van der Waals surface area (Å²) < 4.78 is 12.9. The summed E-state index contributed by atoms with van der Waals surface area (Å²) in [5.41, 5.74) is 0.986. The van der Waals surface area contributed by atoms with E-state index in [-0.39, 0.29) is 10.8 Å². The van der Waals surface area contributed by atoms with E-state index in [4.69, 9.17) is 11.6 Å². The molecule has 0 aromatic heterocycles. The van der Waals surface area contributed by atoms with Gasteiger partial charge in [0, 0.05) is 0 Å². The van der Waals surface area contributed by atoms with Crippen molar-refractivity contribution in [3.8, 4) is 0 Å². The average molecular weight is 199 g/mol. The molecule has 1 rings (SSSR count). The predicted molar refractivity (Wildman–Crippen MR) is 54.5 cm³/mol. The fourth-order valence-corrected chi connectivity index (χ4v) is 1.23. The Hall–Kier alpha value is -0.820. The first kappa shape index (κ1) is 10.3. The summed E-state index contributed by atoms with van der Waals surface area (Å²) in [4.78, 5) is 0. The Balaban J connectivity index is 2.63. The first-order chi connectivity index (χ1) is 6.24. The molecule has 0 aliphatic rings. The van der Waals surface area contributed by atoms with E-state index in [1.54, 1.807) is 6.07 Å². The maximum absolute atomic E-state index is 12.9. The van der Waals surface area contributed by atoms with Crippen molar-refractivity contribution >= 4 is 11.6 Å². The third-order valence-corrected chi connectivity index (χ3v) is 2.13. The lowest BCUT2D eigenvalue weighted by atomic mass is 10.1. The minimum absolute atomic E-state index is 0.190. The van der Waals surface area contributed by atoms with Gasteiger partial charge in [0.05, 0.1) is 5.02 Å². The predicted octanol–water partition coefficient (Wildman–Crippen LogP) is 3.99. The number of hydrogen-bond acceptors (Lipinski definition) is 0. The van der Waals surface area contributed by atoms with E-state index in [1.807, 2.05) is 19.1 Å². The average Bonchev–Trinajstić information content (AvgIpc) is 2.12. The third-order valence-electron chi connectivity index (χ3n) is 1.82. The second-order valence-corrected chi connectivity index (χ2v) is 3.26. The Labute approximate surface area is 83.0 Å². The Morgan fingerprint density at radius 1 is 1.46 bits per heavy atom. The van der Waals surface area contributed by atoms with Crippen molar-refractivity contribution in [2.45, 2.75) is 19.8 Å². The summed E-state index contributed by atoms with van der Waals surface area (Å²) in [6.07, 6.45) is 5.86. The number of aryl methyl sites for hydroxylation is 1. The number of halogens is 2. The molecule has 0 unspecified atom stereocenters. The van der Waals surface area contributed by atoms with Crippen LogP contribution >= 0.6 is 11.6 Å². The van der Waals surface area contributed by atoms with Crippen molar-refractivity contribution in [1.29, 1.82) is 0 Å². The highest BCUT2D eigenvalue weighted by Gasteiger charge is 1.99. The van der Waals surface area contributed by atoms with E-state index in [0.29, 0.717) is 0 Å². The van der Waals surface area contributed by atoms with Crippen LogP contribution in [0.3, 0.4) is 0 Å². The number of hydrogen-bond donors (Lipinski definition) is 0. The van der Waals surface area contributed by atoms with Crippen LogP contribution in [0.1, 0.15) is 18.9 Å². The van der Waals surface area contributed by atoms with E-state index in [0.717, 1.165) is 18.4 Å². The molecular formula is C11H12ClF. The number of benzene rings is 1. The molecule has 0 nitrogen and oxygen atoms in total. The molecule has 2 heteroatoms. The van der Waals surface area contributed by atoms with Crippen molar-refractivity contribution in [2.24, 2.45) is 0 Å². The SMILES string of the molecule is C/C=C/CCc1ccc(Cl)c(F)c1. The number of allylic oxidation sites excluding steroid dienone is 2. The van der Waals surface area contributed by atoms with E-state index in [9.17, 15) is 4.39 Å². The van der Waals surface area contributed by atoms with Crippen molar-refractivity contribution in [3.63, 3.8) is 0 Å². The molecule has 1 aromatic carbocycles. The summed E-state index contributed by atoms with van der Waals surface area (Å²) in [6, 6.07) is 4.95. The minimum Gasteiger partial charge on any atom is -0.205 e. The molecule has 0 radical (unpaired) electrons. The van der Waals surface area contributed by atoms with E-state index < -0.39 is 0 Å². The zero-order valence-electron chi connectivity index (χ0n) is 7.56. The van der Waals surface area contributed by atoms with Gasteiger partial charge < -0.3 is 0 Å². The molecule has 0 saturated heterocycles. The van der Waals surface area contributed by atoms with Crippen LogP contribution in [0.15, 0.2) is 30.4 Å². The molecule has 0 atom stereocenters. The molecule has 0 heterocycles. The zero-order chi connectivity index (χ0) is 9.68. The van der Waals surface area contributed by atoms with Gasteiger partial charge >= 0.3 is 0 Å². The van der Waals surface area contributed by atoms with Crippen LogP contribution in [0.4, 0.5) is 4.39 Å². The largest absolute Gasteiger partial charge is 0.205 e. The molecule has 0 aliphatic heterocycles. The van der Waals surface area contributed by atoms with Gasteiger partial charge in [-0.2, -0.15) is 0 Å². The van der Waals surface area contributed by atoms with Crippen molar-refractivity contribution in [2.75, 3.05) is 0 Å². The lowest BCUT2D eigenvalue weighted by molar-refractivity contribution is 0.625. The van der Waals surface area contributed by atoms with Gasteiger partial charge in [-0.05, 0) is 37.5 Å². The highest BCUT2D eigenvalue weighted by Crippen LogP contribution is 2.16. The molecule has 0 bridgehead atoms. The summed E-state index contributed by atoms with van der Waals surface area (Å²) in [5, 5.41) is 0.190. The molecule has 0 amide bonds. The fraction of sp³-hybridized carbons (Fsp3) is 0.273. The van der Waals surface area contributed by atoms with Crippen LogP contribution in [0.25, 0.3) is 0 Å². The maximum Gasteiger partial charge on any atom is 0.142 e. The third kappa shape index (κ3) is 3.19. The quantitative estimate of drug-likeness (QED) is 0.645. The summed E-state index contributed by atoms with van der Waals surface area (Å²) in [5.74, 6) is -0.334. The lowest BCUT2D eigenvalue weighted by Gasteiger charge is -1.99. The highest BCUT2D eigenvalue weighted by atomic mass is 35.5. The maximum atomic E-state index is 12.9. The van der Waals surface area contributed by atoms with E-state index in [1.165, 1.54) is 6.07 Å². The van der Waals surface area contributed by atoms with Crippen molar-refractivity contribution < 1.29 is 4.39 Å². The van der Waals surface area contributed by atoms with Gasteiger partial charge in [-0.25, -0.2) is 4.39 Å². The smallest absolute Gasteiger partial charge is 0.142 e. The molecule has 0 N–H and O–H groups in total. The van der Waals surface area contributed by atoms with Crippen LogP contribution in [0.5, 0.6) is 0 Å². The second kappa shape index (κ2) is 5.03. The fourth-order valence-electron chi connectivity index (χ4n) is 1.11.